The maximum absolute atomic E-state index is 9.56. The monoisotopic (exact) mass is 262 g/mol. The van der Waals surface area contributed by atoms with Gasteiger partial charge in [-0.25, -0.2) is 0 Å². The zero-order valence-corrected chi connectivity index (χ0v) is 12.9. The summed E-state index contributed by atoms with van der Waals surface area (Å²) in [6, 6.07) is 0. The van der Waals surface area contributed by atoms with E-state index in [2.05, 4.69) is 45.2 Å². The highest BCUT2D eigenvalue weighted by atomic mass is 16.3. The lowest BCUT2D eigenvalue weighted by Gasteiger charge is -2.07. The maximum atomic E-state index is 9.56. The average molecular weight is 262 g/mol. The first-order valence-electron chi connectivity index (χ1n) is 7.22. The molecule has 1 nitrogen and oxygen atoms in total. The third-order valence-electron chi connectivity index (χ3n) is 3.11. The molecule has 1 atom stereocenters. The van der Waals surface area contributed by atoms with Gasteiger partial charge in [0.05, 0.1) is 6.10 Å². The van der Waals surface area contributed by atoms with E-state index in [1.165, 1.54) is 11.1 Å². The van der Waals surface area contributed by atoms with Gasteiger partial charge < -0.3 is 5.11 Å². The van der Waals surface area contributed by atoms with Crippen LogP contribution in [0.25, 0.3) is 0 Å². The van der Waals surface area contributed by atoms with Crippen molar-refractivity contribution in [1.29, 1.82) is 0 Å². The molecule has 19 heavy (non-hydrogen) atoms. The predicted molar refractivity (Wildman–Crippen MR) is 86.2 cm³/mol. The van der Waals surface area contributed by atoms with Gasteiger partial charge in [0.25, 0.3) is 0 Å². The van der Waals surface area contributed by atoms with Gasteiger partial charge in [-0.1, -0.05) is 41.5 Å². The van der Waals surface area contributed by atoms with Gasteiger partial charge in [-0.05, 0) is 59.3 Å². The maximum Gasteiger partial charge on any atom is 0.0747 e. The van der Waals surface area contributed by atoms with E-state index in [0.717, 1.165) is 44.1 Å². The van der Waals surface area contributed by atoms with Gasteiger partial charge in [0, 0.05) is 0 Å². The molecule has 0 saturated heterocycles. The van der Waals surface area contributed by atoms with Crippen LogP contribution in [0.1, 0.15) is 59.3 Å². The second-order valence-electron chi connectivity index (χ2n) is 5.50. The van der Waals surface area contributed by atoms with E-state index in [-0.39, 0.29) is 6.10 Å². The Kier molecular flexibility index (Phi) is 10.2. The van der Waals surface area contributed by atoms with Crippen molar-refractivity contribution in [2.24, 2.45) is 0 Å². The summed E-state index contributed by atoms with van der Waals surface area (Å²) in [5.74, 6) is 0. The molecule has 0 fully saturated rings. The number of allylic oxidation sites excluding steroid dienone is 5. The Morgan fingerprint density at radius 1 is 1.00 bits per heavy atom. The van der Waals surface area contributed by atoms with E-state index in [9.17, 15) is 5.11 Å². The third kappa shape index (κ3) is 11.7. The molecule has 0 rings (SSSR count). The molecule has 0 heterocycles. The van der Waals surface area contributed by atoms with Crippen molar-refractivity contribution >= 4 is 0 Å². The topological polar surface area (TPSA) is 20.2 Å². The highest BCUT2D eigenvalue weighted by molar-refractivity contribution is 5.02. The van der Waals surface area contributed by atoms with Gasteiger partial charge in [0.2, 0.25) is 0 Å². The van der Waals surface area contributed by atoms with E-state index in [1.807, 2.05) is 6.92 Å². The Hall–Kier alpha value is -1.08. The molecule has 108 valence electrons. The van der Waals surface area contributed by atoms with E-state index in [4.69, 9.17) is 0 Å². The third-order valence-corrected chi connectivity index (χ3v) is 3.11. The number of hydrogen-bond donors (Lipinski definition) is 1. The molecule has 0 aromatic rings. The van der Waals surface area contributed by atoms with Crippen molar-refractivity contribution in [3.63, 3.8) is 0 Å². The van der Waals surface area contributed by atoms with Gasteiger partial charge in [0.1, 0.15) is 0 Å². The molecule has 1 unspecified atom stereocenters. The van der Waals surface area contributed by atoms with Crippen LogP contribution < -0.4 is 0 Å². The van der Waals surface area contributed by atoms with E-state index >= 15 is 0 Å². The van der Waals surface area contributed by atoms with Crippen molar-refractivity contribution in [2.45, 2.75) is 65.4 Å². The summed E-state index contributed by atoms with van der Waals surface area (Å²) in [7, 11) is 0. The van der Waals surface area contributed by atoms with Gasteiger partial charge >= 0.3 is 0 Å². The van der Waals surface area contributed by atoms with Crippen molar-refractivity contribution < 1.29 is 5.11 Å². The first-order chi connectivity index (χ1) is 8.93. The molecular weight excluding hydrogens is 232 g/mol. The lowest BCUT2D eigenvalue weighted by atomic mass is 10.1. The molecule has 0 aliphatic rings. The highest BCUT2D eigenvalue weighted by Crippen LogP contribution is 2.10. The summed E-state index contributed by atoms with van der Waals surface area (Å²) in [5.41, 5.74) is 3.55. The summed E-state index contributed by atoms with van der Waals surface area (Å²) in [6.45, 7) is 13.8. The Bertz CT molecular complexity index is 334. The summed E-state index contributed by atoms with van der Waals surface area (Å²) < 4.78 is 0. The molecule has 0 aromatic carbocycles. The zero-order chi connectivity index (χ0) is 14.7. The van der Waals surface area contributed by atoms with Crippen LogP contribution in [0.3, 0.4) is 0 Å². The summed E-state index contributed by atoms with van der Waals surface area (Å²) in [6.07, 6.45) is 12.4. The summed E-state index contributed by atoms with van der Waals surface area (Å²) in [5, 5.41) is 9.56. The smallest absolute Gasteiger partial charge is 0.0747 e. The van der Waals surface area contributed by atoms with Gasteiger partial charge in [-0.2, -0.15) is 0 Å². The van der Waals surface area contributed by atoms with Gasteiger partial charge in [0.15, 0.2) is 0 Å². The average Bonchev–Trinajstić information content (AvgIpc) is 2.32. The lowest BCUT2D eigenvalue weighted by Crippen LogP contribution is -2.05. The van der Waals surface area contributed by atoms with Crippen molar-refractivity contribution in [3.05, 3.63) is 48.1 Å². The molecule has 1 heteroatoms. The number of rotatable bonds is 10. The summed E-state index contributed by atoms with van der Waals surface area (Å²) in [4.78, 5) is 0. The zero-order valence-electron chi connectivity index (χ0n) is 12.9. The van der Waals surface area contributed by atoms with Crippen LogP contribution in [0.2, 0.25) is 0 Å². The van der Waals surface area contributed by atoms with E-state index in [1.54, 1.807) is 0 Å². The Balaban J connectivity index is 3.66. The highest BCUT2D eigenvalue weighted by Gasteiger charge is 2.01. The molecule has 0 aromatic heterocycles. The first kappa shape index (κ1) is 17.9. The first-order valence-corrected chi connectivity index (χ1v) is 7.22. The van der Waals surface area contributed by atoms with Crippen molar-refractivity contribution in [1.82, 2.24) is 0 Å². The van der Waals surface area contributed by atoms with E-state index in [0.29, 0.717) is 0 Å². The SMILES string of the molecule is C=C(C)CC/C=C(/C)CC/C=C/CCC(O)C(=C)C. The largest absolute Gasteiger partial charge is 0.389 e. The second-order valence-corrected chi connectivity index (χ2v) is 5.50. The van der Waals surface area contributed by atoms with Crippen LogP contribution in [0.15, 0.2) is 48.1 Å². The minimum absolute atomic E-state index is 0.353. The fraction of sp³-hybridized carbons (Fsp3) is 0.556. The van der Waals surface area contributed by atoms with Crippen molar-refractivity contribution in [3.8, 4) is 0 Å². The minimum atomic E-state index is -0.353. The normalized spacial score (nSPS) is 13.8. The fourth-order valence-electron chi connectivity index (χ4n) is 1.71. The van der Waals surface area contributed by atoms with Crippen molar-refractivity contribution in [2.75, 3.05) is 0 Å². The number of hydrogen-bond acceptors (Lipinski definition) is 1. The van der Waals surface area contributed by atoms with Crippen LogP contribution in [0, 0.1) is 0 Å². The fourth-order valence-corrected chi connectivity index (χ4v) is 1.71. The molecule has 0 spiro atoms. The number of aliphatic hydroxyl groups is 1. The van der Waals surface area contributed by atoms with Crippen LogP contribution in [-0.4, -0.2) is 11.2 Å². The van der Waals surface area contributed by atoms with Gasteiger partial charge in [-0.3, -0.25) is 0 Å². The predicted octanol–water partition coefficient (Wildman–Crippen LogP) is 5.34. The molecule has 0 amide bonds. The van der Waals surface area contributed by atoms with Gasteiger partial charge in [-0.15, -0.1) is 6.58 Å². The standard InChI is InChI=1S/C18H30O/c1-15(2)11-10-13-17(5)12-8-6-7-9-14-18(19)16(3)4/h6-7,13,18-19H,1,3,8-12,14H2,2,4-5H3/b7-6+,17-13-. The van der Waals surface area contributed by atoms with Crippen LogP contribution in [-0.2, 0) is 0 Å². The Labute approximate surface area is 119 Å². The molecule has 0 radical (unpaired) electrons. The number of aliphatic hydroxyl groups excluding tert-OH is 1. The molecular formula is C18H30O. The summed E-state index contributed by atoms with van der Waals surface area (Å²) >= 11 is 0. The second kappa shape index (κ2) is 10.8. The Morgan fingerprint density at radius 3 is 2.21 bits per heavy atom. The molecule has 0 aliphatic heterocycles. The molecule has 0 saturated carbocycles. The van der Waals surface area contributed by atoms with E-state index < -0.39 is 0 Å². The van der Waals surface area contributed by atoms with Crippen LogP contribution in [0.4, 0.5) is 0 Å². The van der Waals surface area contributed by atoms with Crippen LogP contribution in [0.5, 0.6) is 0 Å². The molecule has 0 bridgehead atoms. The lowest BCUT2D eigenvalue weighted by molar-refractivity contribution is 0.202. The minimum Gasteiger partial charge on any atom is -0.389 e. The Morgan fingerprint density at radius 2 is 1.63 bits per heavy atom. The van der Waals surface area contributed by atoms with Crippen LogP contribution >= 0.6 is 0 Å². The molecule has 0 aliphatic carbocycles. The molecule has 1 N–H and O–H groups in total. The quantitative estimate of drug-likeness (QED) is 0.527.